The summed E-state index contributed by atoms with van der Waals surface area (Å²) in [6, 6.07) is 6.09. The molecule has 1 aliphatic heterocycles. The van der Waals surface area contributed by atoms with Gasteiger partial charge in [0, 0.05) is 30.2 Å². The summed E-state index contributed by atoms with van der Waals surface area (Å²) < 4.78 is 27.0. The van der Waals surface area contributed by atoms with Crippen molar-refractivity contribution in [2.75, 3.05) is 13.1 Å². The van der Waals surface area contributed by atoms with Gasteiger partial charge in [-0.15, -0.1) is 0 Å². The van der Waals surface area contributed by atoms with Crippen molar-refractivity contribution in [3.63, 3.8) is 0 Å². The van der Waals surface area contributed by atoms with E-state index in [0.29, 0.717) is 18.7 Å². The molecular formula is C17H27N3O3S. The molecule has 0 spiro atoms. The molecule has 1 unspecified atom stereocenters. The highest BCUT2D eigenvalue weighted by atomic mass is 32.2. The summed E-state index contributed by atoms with van der Waals surface area (Å²) in [5.41, 5.74) is 5.76. The number of carbonyl (C=O) groups excluding carboxylic acids is 1. The van der Waals surface area contributed by atoms with Gasteiger partial charge < -0.3 is 11.1 Å². The average molecular weight is 353 g/mol. The fourth-order valence-electron chi connectivity index (χ4n) is 2.75. The minimum Gasteiger partial charge on any atom is -0.350 e. The summed E-state index contributed by atoms with van der Waals surface area (Å²) in [6.45, 7) is 6.48. The lowest BCUT2D eigenvalue weighted by Crippen LogP contribution is -2.45. The molecule has 1 aliphatic rings. The number of amides is 1. The molecule has 1 atom stereocenters. The Hall–Kier alpha value is -1.44. The Labute approximate surface area is 144 Å². The largest absolute Gasteiger partial charge is 0.350 e. The number of nitrogens with two attached hydrogens (primary N) is 1. The molecule has 1 fully saturated rings. The molecule has 3 N–H and O–H groups in total. The molecule has 1 heterocycles. The van der Waals surface area contributed by atoms with Gasteiger partial charge in [-0.1, -0.05) is 6.42 Å². The van der Waals surface area contributed by atoms with E-state index in [2.05, 4.69) is 5.32 Å². The molecule has 1 aromatic carbocycles. The van der Waals surface area contributed by atoms with Crippen LogP contribution in [-0.4, -0.2) is 43.3 Å². The maximum Gasteiger partial charge on any atom is 0.251 e. The van der Waals surface area contributed by atoms with Gasteiger partial charge in [-0.05, 0) is 57.9 Å². The first-order valence-electron chi connectivity index (χ1n) is 8.30. The summed E-state index contributed by atoms with van der Waals surface area (Å²) in [4.78, 5) is 12.3. The van der Waals surface area contributed by atoms with Crippen molar-refractivity contribution < 1.29 is 13.2 Å². The van der Waals surface area contributed by atoms with E-state index in [9.17, 15) is 13.2 Å². The third-order valence-corrected chi connectivity index (χ3v) is 6.20. The van der Waals surface area contributed by atoms with Gasteiger partial charge in [0.2, 0.25) is 10.0 Å². The third kappa shape index (κ3) is 4.55. The normalized spacial score (nSPS) is 19.9. The van der Waals surface area contributed by atoms with E-state index >= 15 is 0 Å². The Morgan fingerprint density at radius 3 is 2.46 bits per heavy atom. The number of nitrogens with one attached hydrogen (secondary N) is 1. The molecule has 1 aromatic rings. The summed E-state index contributed by atoms with van der Waals surface area (Å²) in [6.07, 6.45) is 2.83. The summed E-state index contributed by atoms with van der Waals surface area (Å²) in [5, 5.41) is 2.74. The molecule has 0 saturated carbocycles. The minimum atomic E-state index is -3.51. The fraction of sp³-hybridized carbons (Fsp3) is 0.588. The monoisotopic (exact) mass is 353 g/mol. The zero-order chi connectivity index (χ0) is 18.0. The number of piperidine rings is 1. The predicted octanol–water partition coefficient (Wildman–Crippen LogP) is 1.72. The van der Waals surface area contributed by atoms with Crippen LogP contribution in [0, 0.1) is 0 Å². The standard InChI is InChI=1S/C17H27N3O3S/c1-13-6-4-5-11-20(13)24(22,23)15-9-7-14(8-10-15)16(21)19-12-17(2,3)18/h7-10,13H,4-6,11-12,18H2,1-3H3,(H,19,21). The van der Waals surface area contributed by atoms with E-state index in [1.54, 1.807) is 16.4 Å². The molecule has 1 amide bonds. The van der Waals surface area contributed by atoms with Crippen molar-refractivity contribution in [3.8, 4) is 0 Å². The predicted molar refractivity (Wildman–Crippen MR) is 94.2 cm³/mol. The quantitative estimate of drug-likeness (QED) is 0.843. The maximum atomic E-state index is 12.7. The third-order valence-electron chi connectivity index (χ3n) is 4.17. The fourth-order valence-corrected chi connectivity index (χ4v) is 4.45. The van der Waals surface area contributed by atoms with Crippen LogP contribution in [0.15, 0.2) is 29.2 Å². The first kappa shape index (κ1) is 18.9. The van der Waals surface area contributed by atoms with Crippen LogP contribution in [0.25, 0.3) is 0 Å². The molecule has 0 radical (unpaired) electrons. The molecule has 1 saturated heterocycles. The first-order chi connectivity index (χ1) is 11.1. The lowest BCUT2D eigenvalue weighted by Gasteiger charge is -2.32. The van der Waals surface area contributed by atoms with Gasteiger partial charge >= 0.3 is 0 Å². The average Bonchev–Trinajstić information content (AvgIpc) is 2.52. The minimum absolute atomic E-state index is 0.0125. The molecule has 6 nitrogen and oxygen atoms in total. The molecule has 2 rings (SSSR count). The summed E-state index contributed by atoms with van der Waals surface area (Å²) in [7, 11) is -3.51. The molecule has 134 valence electrons. The zero-order valence-corrected chi connectivity index (χ0v) is 15.4. The highest BCUT2D eigenvalue weighted by Crippen LogP contribution is 2.25. The van der Waals surface area contributed by atoms with Crippen molar-refractivity contribution in [1.82, 2.24) is 9.62 Å². The van der Waals surface area contributed by atoms with Crippen molar-refractivity contribution in [2.45, 2.75) is 56.5 Å². The van der Waals surface area contributed by atoms with Crippen molar-refractivity contribution in [1.29, 1.82) is 0 Å². The first-order valence-corrected chi connectivity index (χ1v) is 9.74. The number of rotatable bonds is 5. The van der Waals surface area contributed by atoms with E-state index in [0.717, 1.165) is 19.3 Å². The second-order valence-corrected chi connectivity index (χ2v) is 9.05. The highest BCUT2D eigenvalue weighted by Gasteiger charge is 2.30. The second kappa shape index (κ2) is 7.21. The van der Waals surface area contributed by atoms with Crippen LogP contribution in [0.4, 0.5) is 0 Å². The SMILES string of the molecule is CC1CCCCN1S(=O)(=O)c1ccc(C(=O)NCC(C)(C)N)cc1. The van der Waals surface area contributed by atoms with Crippen molar-refractivity contribution in [2.24, 2.45) is 5.73 Å². The summed E-state index contributed by atoms with van der Waals surface area (Å²) in [5.74, 6) is -0.260. The van der Waals surface area contributed by atoms with Gasteiger partial charge in [0.05, 0.1) is 4.90 Å². The van der Waals surface area contributed by atoms with Gasteiger partial charge in [-0.2, -0.15) is 4.31 Å². The molecule has 24 heavy (non-hydrogen) atoms. The Bertz CT molecular complexity index is 678. The molecule has 7 heteroatoms. The molecule has 0 bridgehead atoms. The van der Waals surface area contributed by atoms with E-state index in [1.165, 1.54) is 12.1 Å². The van der Waals surface area contributed by atoms with Gasteiger partial charge in [0.1, 0.15) is 0 Å². The lowest BCUT2D eigenvalue weighted by molar-refractivity contribution is 0.0946. The lowest BCUT2D eigenvalue weighted by atomic mass is 10.1. The number of benzene rings is 1. The smallest absolute Gasteiger partial charge is 0.251 e. The van der Waals surface area contributed by atoms with Crippen LogP contribution in [0.3, 0.4) is 0 Å². The zero-order valence-electron chi connectivity index (χ0n) is 14.6. The van der Waals surface area contributed by atoms with E-state index in [4.69, 9.17) is 5.73 Å². The molecule has 0 aliphatic carbocycles. The Morgan fingerprint density at radius 1 is 1.29 bits per heavy atom. The van der Waals surface area contributed by atoms with Gasteiger partial charge in [-0.3, -0.25) is 4.79 Å². The van der Waals surface area contributed by atoms with Gasteiger partial charge in [-0.25, -0.2) is 8.42 Å². The van der Waals surface area contributed by atoms with E-state index in [1.807, 2.05) is 20.8 Å². The Kier molecular flexibility index (Phi) is 5.67. The number of nitrogens with zero attached hydrogens (tertiary/aromatic N) is 1. The van der Waals surface area contributed by atoms with Crippen molar-refractivity contribution in [3.05, 3.63) is 29.8 Å². The second-order valence-electron chi connectivity index (χ2n) is 7.16. The highest BCUT2D eigenvalue weighted by molar-refractivity contribution is 7.89. The number of hydrogen-bond donors (Lipinski definition) is 2. The van der Waals surface area contributed by atoms with Crippen LogP contribution in [0.1, 0.15) is 50.4 Å². The Balaban J connectivity index is 2.12. The van der Waals surface area contributed by atoms with Crippen LogP contribution in [0.5, 0.6) is 0 Å². The van der Waals surface area contributed by atoms with E-state index < -0.39 is 15.6 Å². The Morgan fingerprint density at radius 2 is 1.92 bits per heavy atom. The maximum absolute atomic E-state index is 12.7. The number of hydrogen-bond acceptors (Lipinski definition) is 4. The van der Waals surface area contributed by atoms with Crippen LogP contribution in [-0.2, 0) is 10.0 Å². The number of carbonyl (C=O) groups is 1. The topological polar surface area (TPSA) is 92.5 Å². The van der Waals surface area contributed by atoms with Gasteiger partial charge in [0.15, 0.2) is 0 Å². The number of sulfonamides is 1. The van der Waals surface area contributed by atoms with Crippen LogP contribution in [0.2, 0.25) is 0 Å². The van der Waals surface area contributed by atoms with Crippen LogP contribution >= 0.6 is 0 Å². The van der Waals surface area contributed by atoms with Gasteiger partial charge in [0.25, 0.3) is 5.91 Å². The molecular weight excluding hydrogens is 326 g/mol. The van der Waals surface area contributed by atoms with Crippen molar-refractivity contribution >= 4 is 15.9 Å². The summed E-state index contributed by atoms with van der Waals surface area (Å²) >= 11 is 0. The van der Waals surface area contributed by atoms with Crippen LogP contribution < -0.4 is 11.1 Å². The van der Waals surface area contributed by atoms with E-state index in [-0.39, 0.29) is 16.8 Å². The molecule has 0 aromatic heterocycles.